The summed E-state index contributed by atoms with van der Waals surface area (Å²) in [5.41, 5.74) is 0.695. The summed E-state index contributed by atoms with van der Waals surface area (Å²) in [4.78, 5) is 12.5. The van der Waals surface area contributed by atoms with E-state index in [4.69, 9.17) is 4.42 Å². The van der Waals surface area contributed by atoms with Gasteiger partial charge in [0.05, 0.1) is 6.26 Å². The summed E-state index contributed by atoms with van der Waals surface area (Å²) in [5, 5.41) is 19.4. The predicted octanol–water partition coefficient (Wildman–Crippen LogP) is 3.25. The Morgan fingerprint density at radius 3 is 2.58 bits per heavy atom. The molecule has 2 aromatic rings. The molecule has 1 aliphatic rings. The van der Waals surface area contributed by atoms with Crippen LogP contribution >= 0.6 is 0 Å². The maximum Gasteiger partial charge on any atom is 0.199 e. The fraction of sp³-hybridized carbons (Fsp3) is 0.400. The van der Waals surface area contributed by atoms with Crippen molar-refractivity contribution in [3.05, 3.63) is 34.2 Å². The van der Waals surface area contributed by atoms with E-state index in [-0.39, 0.29) is 33.8 Å². The fourth-order valence-corrected chi connectivity index (χ4v) is 2.93. The molecule has 0 aliphatic heterocycles. The van der Waals surface area contributed by atoms with Gasteiger partial charge in [0.2, 0.25) is 0 Å². The molecule has 0 unspecified atom stereocenters. The molecule has 19 heavy (non-hydrogen) atoms. The van der Waals surface area contributed by atoms with Crippen LogP contribution in [0.15, 0.2) is 27.6 Å². The summed E-state index contributed by atoms with van der Waals surface area (Å²) in [6, 6.07) is 2.52. The Kier molecular flexibility index (Phi) is 2.93. The van der Waals surface area contributed by atoms with E-state index < -0.39 is 0 Å². The number of hydrogen-bond acceptors (Lipinski definition) is 4. The second kappa shape index (κ2) is 4.61. The van der Waals surface area contributed by atoms with Crippen LogP contribution in [0.25, 0.3) is 11.0 Å². The van der Waals surface area contributed by atoms with Gasteiger partial charge in [0.1, 0.15) is 22.5 Å². The van der Waals surface area contributed by atoms with E-state index >= 15 is 0 Å². The molecular formula is C15H16O4. The Morgan fingerprint density at radius 2 is 1.84 bits per heavy atom. The number of phenolic OH excluding ortho intramolecular Hbond substituents is 2. The van der Waals surface area contributed by atoms with Crippen LogP contribution < -0.4 is 5.43 Å². The van der Waals surface area contributed by atoms with Crippen LogP contribution in [0.2, 0.25) is 0 Å². The number of phenols is 2. The monoisotopic (exact) mass is 260 g/mol. The van der Waals surface area contributed by atoms with E-state index in [2.05, 4.69) is 0 Å². The second-order valence-electron chi connectivity index (χ2n) is 5.19. The average Bonchev–Trinajstić information content (AvgIpc) is 2.39. The number of fused-ring (bicyclic) bond motifs is 1. The van der Waals surface area contributed by atoms with Gasteiger partial charge in [-0.1, -0.05) is 19.3 Å². The molecule has 1 heterocycles. The number of benzene rings is 1. The smallest absolute Gasteiger partial charge is 0.199 e. The first kappa shape index (κ1) is 12.1. The fourth-order valence-electron chi connectivity index (χ4n) is 2.93. The first-order valence-corrected chi connectivity index (χ1v) is 6.64. The zero-order valence-electron chi connectivity index (χ0n) is 10.6. The van der Waals surface area contributed by atoms with Gasteiger partial charge < -0.3 is 14.6 Å². The van der Waals surface area contributed by atoms with E-state index in [0.29, 0.717) is 5.56 Å². The molecule has 2 N–H and O–H groups in total. The molecule has 0 spiro atoms. The third-order valence-corrected chi connectivity index (χ3v) is 3.91. The molecule has 0 amide bonds. The summed E-state index contributed by atoms with van der Waals surface area (Å²) in [6.45, 7) is 0. The maximum atomic E-state index is 12.5. The van der Waals surface area contributed by atoms with Gasteiger partial charge in [-0.15, -0.1) is 0 Å². The summed E-state index contributed by atoms with van der Waals surface area (Å²) in [5.74, 6) is -0.109. The van der Waals surface area contributed by atoms with Crippen LogP contribution in [0, 0.1) is 0 Å². The van der Waals surface area contributed by atoms with Crippen molar-refractivity contribution < 1.29 is 14.6 Å². The summed E-state index contributed by atoms with van der Waals surface area (Å²) in [7, 11) is 0. The Bertz CT molecular complexity index is 666. The number of aromatic hydroxyl groups is 2. The molecule has 0 radical (unpaired) electrons. The normalized spacial score (nSPS) is 16.8. The molecule has 100 valence electrons. The van der Waals surface area contributed by atoms with Gasteiger partial charge in [0, 0.05) is 17.7 Å². The zero-order valence-corrected chi connectivity index (χ0v) is 10.6. The summed E-state index contributed by atoms with van der Waals surface area (Å²) < 4.78 is 5.42. The van der Waals surface area contributed by atoms with Crippen molar-refractivity contribution in [3.63, 3.8) is 0 Å². The molecule has 1 aliphatic carbocycles. The Labute approximate surface area is 110 Å². The van der Waals surface area contributed by atoms with Gasteiger partial charge in [0.25, 0.3) is 0 Å². The van der Waals surface area contributed by atoms with E-state index in [9.17, 15) is 15.0 Å². The van der Waals surface area contributed by atoms with Crippen molar-refractivity contribution in [2.24, 2.45) is 0 Å². The van der Waals surface area contributed by atoms with Crippen molar-refractivity contribution in [3.8, 4) is 11.5 Å². The standard InChI is InChI=1S/C15H16O4/c16-10-6-12(17)14-13(7-10)19-8-11(15(14)18)9-4-2-1-3-5-9/h6-9,16-17H,1-5H2. The first-order chi connectivity index (χ1) is 9.16. The van der Waals surface area contributed by atoms with Crippen LogP contribution in [-0.2, 0) is 0 Å². The first-order valence-electron chi connectivity index (χ1n) is 6.64. The van der Waals surface area contributed by atoms with Gasteiger partial charge in [-0.05, 0) is 18.8 Å². The van der Waals surface area contributed by atoms with Crippen molar-refractivity contribution in [2.45, 2.75) is 38.0 Å². The van der Waals surface area contributed by atoms with Crippen LogP contribution in [0.3, 0.4) is 0 Å². The molecule has 1 fully saturated rings. The van der Waals surface area contributed by atoms with Crippen molar-refractivity contribution in [2.75, 3.05) is 0 Å². The average molecular weight is 260 g/mol. The van der Waals surface area contributed by atoms with Crippen LogP contribution in [-0.4, -0.2) is 10.2 Å². The van der Waals surface area contributed by atoms with Crippen LogP contribution in [0.4, 0.5) is 0 Å². The topological polar surface area (TPSA) is 70.7 Å². The van der Waals surface area contributed by atoms with Gasteiger partial charge in [0.15, 0.2) is 5.43 Å². The quantitative estimate of drug-likeness (QED) is 0.825. The lowest BCUT2D eigenvalue weighted by molar-refractivity contribution is 0.431. The Morgan fingerprint density at radius 1 is 1.11 bits per heavy atom. The van der Waals surface area contributed by atoms with Crippen molar-refractivity contribution in [1.29, 1.82) is 0 Å². The second-order valence-corrected chi connectivity index (χ2v) is 5.19. The molecule has 1 aromatic heterocycles. The van der Waals surface area contributed by atoms with Gasteiger partial charge >= 0.3 is 0 Å². The zero-order chi connectivity index (χ0) is 13.4. The van der Waals surface area contributed by atoms with Crippen LogP contribution in [0.1, 0.15) is 43.6 Å². The highest BCUT2D eigenvalue weighted by molar-refractivity contribution is 5.85. The molecule has 0 saturated heterocycles. The third-order valence-electron chi connectivity index (χ3n) is 3.91. The van der Waals surface area contributed by atoms with Gasteiger partial charge in [-0.2, -0.15) is 0 Å². The van der Waals surface area contributed by atoms with Gasteiger partial charge in [-0.25, -0.2) is 0 Å². The predicted molar refractivity (Wildman–Crippen MR) is 71.6 cm³/mol. The summed E-state index contributed by atoms with van der Waals surface area (Å²) >= 11 is 0. The lowest BCUT2D eigenvalue weighted by Crippen LogP contribution is -2.15. The molecule has 0 bridgehead atoms. The molecule has 1 saturated carbocycles. The van der Waals surface area contributed by atoms with Crippen molar-refractivity contribution in [1.82, 2.24) is 0 Å². The number of rotatable bonds is 1. The third kappa shape index (κ3) is 2.07. The number of hydrogen-bond donors (Lipinski definition) is 2. The van der Waals surface area contributed by atoms with E-state index in [1.165, 1.54) is 24.8 Å². The molecule has 3 rings (SSSR count). The minimum Gasteiger partial charge on any atom is -0.508 e. The molecule has 1 aromatic carbocycles. The van der Waals surface area contributed by atoms with E-state index in [0.717, 1.165) is 25.7 Å². The van der Waals surface area contributed by atoms with E-state index in [1.807, 2.05) is 0 Å². The molecule has 4 nitrogen and oxygen atoms in total. The lowest BCUT2D eigenvalue weighted by atomic mass is 9.84. The van der Waals surface area contributed by atoms with E-state index in [1.54, 1.807) is 0 Å². The molecule has 4 heteroatoms. The highest BCUT2D eigenvalue weighted by atomic mass is 16.3. The van der Waals surface area contributed by atoms with Crippen molar-refractivity contribution >= 4 is 11.0 Å². The molecule has 0 atom stereocenters. The summed E-state index contributed by atoms with van der Waals surface area (Å²) in [6.07, 6.45) is 6.95. The Hall–Kier alpha value is -1.97. The minimum absolute atomic E-state index is 0.112. The highest BCUT2D eigenvalue weighted by Crippen LogP contribution is 2.34. The SMILES string of the molecule is O=c1c(C2CCCCC2)coc2cc(O)cc(O)c12. The van der Waals surface area contributed by atoms with Gasteiger partial charge in [-0.3, -0.25) is 4.79 Å². The van der Waals surface area contributed by atoms with Crippen LogP contribution in [0.5, 0.6) is 11.5 Å². The maximum absolute atomic E-state index is 12.5. The highest BCUT2D eigenvalue weighted by Gasteiger charge is 2.21. The Balaban J connectivity index is 2.17. The minimum atomic E-state index is -0.221. The largest absolute Gasteiger partial charge is 0.508 e. The lowest BCUT2D eigenvalue weighted by Gasteiger charge is -2.21. The molecular weight excluding hydrogens is 244 g/mol.